The average Bonchev–Trinajstić information content (AvgIpc) is 4.10. The second-order valence-corrected chi connectivity index (χ2v) is 14.6. The summed E-state index contributed by atoms with van der Waals surface area (Å²) in [6.45, 7) is 0.991. The zero-order valence-electron chi connectivity index (χ0n) is 32.9. The molecule has 17 heteroatoms. The van der Waals surface area contributed by atoms with Gasteiger partial charge in [0.05, 0.1) is 48.4 Å². The maximum Gasteiger partial charge on any atom is 0.407 e. The van der Waals surface area contributed by atoms with Crippen molar-refractivity contribution in [2.24, 2.45) is 0 Å². The van der Waals surface area contributed by atoms with Crippen LogP contribution in [0.2, 0.25) is 0 Å². The largest absolute Gasteiger partial charge is 0.453 e. The Labute approximate surface area is 344 Å². The number of imidazole rings is 2. The van der Waals surface area contributed by atoms with E-state index in [2.05, 4.69) is 31.2 Å². The first-order chi connectivity index (χ1) is 29.2. The van der Waals surface area contributed by atoms with E-state index in [1.807, 2.05) is 36.4 Å². The number of urea groups is 1. The molecule has 2 aliphatic heterocycles. The van der Waals surface area contributed by atoms with Gasteiger partial charge in [0, 0.05) is 24.5 Å². The number of methoxy groups -OCH3 is 2. The molecule has 2 aliphatic rings. The summed E-state index contributed by atoms with van der Waals surface area (Å²) in [5, 5.41) is 11.1. The van der Waals surface area contributed by atoms with E-state index in [9.17, 15) is 24.0 Å². The minimum Gasteiger partial charge on any atom is -0.453 e. The molecule has 4 aromatic carbocycles. The predicted molar refractivity (Wildman–Crippen MR) is 222 cm³/mol. The van der Waals surface area contributed by atoms with Crippen LogP contribution in [0.25, 0.3) is 22.1 Å². The van der Waals surface area contributed by atoms with Crippen molar-refractivity contribution in [3.05, 3.63) is 120 Å². The molecule has 0 aliphatic carbocycles. The van der Waals surface area contributed by atoms with Gasteiger partial charge >= 0.3 is 18.2 Å². The van der Waals surface area contributed by atoms with Gasteiger partial charge < -0.3 is 50.5 Å². The van der Waals surface area contributed by atoms with Crippen LogP contribution in [0, 0.1) is 0 Å². The van der Waals surface area contributed by atoms with Crippen molar-refractivity contribution in [3.63, 3.8) is 0 Å². The Kier molecular flexibility index (Phi) is 11.3. The van der Waals surface area contributed by atoms with Crippen LogP contribution < -0.4 is 21.3 Å². The molecule has 0 unspecified atom stereocenters. The Morgan fingerprint density at radius 3 is 1.43 bits per heavy atom. The van der Waals surface area contributed by atoms with Crippen molar-refractivity contribution in [1.82, 2.24) is 40.4 Å². The molecule has 6 N–H and O–H groups in total. The SMILES string of the molecule is COC(=O)N[C@@H](C(=O)N1CCC[C@@H]1c1nc2ccc(NC(=O)Nc3ccc4nc([C@@H]5CCCN5C(=O)[C@H](NC(=O)OC)c5ccccc5)[nH]c4c3)cc2[nH]1)c1ccccc1. The number of carbonyl (C=O) groups is 5. The Hall–Kier alpha value is -7.43. The fourth-order valence-electron chi connectivity index (χ4n) is 8.00. The minimum absolute atomic E-state index is 0.268. The van der Waals surface area contributed by atoms with Crippen molar-refractivity contribution < 1.29 is 33.4 Å². The summed E-state index contributed by atoms with van der Waals surface area (Å²) in [7, 11) is 2.51. The van der Waals surface area contributed by atoms with Crippen LogP contribution in [0.5, 0.6) is 0 Å². The molecule has 6 amide bonds. The highest BCUT2D eigenvalue weighted by Crippen LogP contribution is 2.36. The number of likely N-dealkylation sites (tertiary alicyclic amines) is 2. The van der Waals surface area contributed by atoms with Crippen LogP contribution in [0.3, 0.4) is 0 Å². The minimum atomic E-state index is -0.932. The first kappa shape index (κ1) is 39.4. The fourth-order valence-corrected chi connectivity index (χ4v) is 8.00. The lowest BCUT2D eigenvalue weighted by Gasteiger charge is -2.28. The number of rotatable bonds is 10. The van der Waals surface area contributed by atoms with Crippen LogP contribution in [-0.4, -0.2) is 87.1 Å². The number of aromatic amines is 2. The van der Waals surface area contributed by atoms with E-state index in [0.717, 1.165) is 12.8 Å². The third-order valence-corrected chi connectivity index (χ3v) is 10.9. The van der Waals surface area contributed by atoms with Gasteiger partial charge in [-0.2, -0.15) is 0 Å². The van der Waals surface area contributed by atoms with Gasteiger partial charge in [0.2, 0.25) is 0 Å². The molecule has 308 valence electrons. The fraction of sp³-hybridized carbons (Fsp3) is 0.279. The number of amides is 6. The molecule has 0 spiro atoms. The lowest BCUT2D eigenvalue weighted by molar-refractivity contribution is -0.135. The van der Waals surface area contributed by atoms with Crippen molar-refractivity contribution in [2.75, 3.05) is 37.9 Å². The summed E-state index contributed by atoms with van der Waals surface area (Å²) in [5.41, 5.74) is 5.01. The molecule has 0 saturated carbocycles. The number of aromatic nitrogens is 4. The quantitative estimate of drug-likeness (QED) is 0.0877. The number of fused-ring (bicyclic) bond motifs is 2. The Balaban J connectivity index is 0.934. The third kappa shape index (κ3) is 8.27. The highest BCUT2D eigenvalue weighted by atomic mass is 16.5. The van der Waals surface area contributed by atoms with Crippen LogP contribution in [0.15, 0.2) is 97.1 Å². The third-order valence-electron chi connectivity index (χ3n) is 10.9. The van der Waals surface area contributed by atoms with E-state index in [4.69, 9.17) is 19.4 Å². The van der Waals surface area contributed by atoms with E-state index in [-0.39, 0.29) is 23.9 Å². The second-order valence-electron chi connectivity index (χ2n) is 14.6. The molecule has 2 aromatic heterocycles. The smallest absolute Gasteiger partial charge is 0.407 e. The molecular formula is C43H44N10O7. The Bertz CT molecular complexity index is 2370. The van der Waals surface area contributed by atoms with E-state index in [1.54, 1.807) is 70.5 Å². The number of alkyl carbamates (subject to hydrolysis) is 2. The average molecular weight is 813 g/mol. The zero-order valence-corrected chi connectivity index (χ0v) is 32.9. The van der Waals surface area contributed by atoms with Gasteiger partial charge in [-0.25, -0.2) is 24.4 Å². The van der Waals surface area contributed by atoms with Crippen molar-refractivity contribution in [2.45, 2.75) is 49.9 Å². The molecule has 17 nitrogen and oxygen atoms in total. The number of hydrogen-bond donors (Lipinski definition) is 6. The summed E-state index contributed by atoms with van der Waals surface area (Å²) < 4.78 is 9.62. The summed E-state index contributed by atoms with van der Waals surface area (Å²) in [6, 6.07) is 25.7. The van der Waals surface area contributed by atoms with Gasteiger partial charge in [-0.05, 0) is 73.2 Å². The van der Waals surface area contributed by atoms with Crippen LogP contribution in [0.1, 0.15) is 72.6 Å². The van der Waals surface area contributed by atoms with Gasteiger partial charge in [-0.3, -0.25) is 9.59 Å². The molecule has 60 heavy (non-hydrogen) atoms. The van der Waals surface area contributed by atoms with Gasteiger partial charge in [-0.1, -0.05) is 60.7 Å². The van der Waals surface area contributed by atoms with Gasteiger partial charge in [0.1, 0.15) is 23.7 Å². The maximum atomic E-state index is 13.9. The van der Waals surface area contributed by atoms with Gasteiger partial charge in [0.15, 0.2) is 0 Å². The van der Waals surface area contributed by atoms with E-state index >= 15 is 0 Å². The number of ether oxygens (including phenoxy) is 2. The maximum absolute atomic E-state index is 13.9. The number of nitrogens with one attached hydrogen (secondary N) is 6. The standard InChI is InChI=1S/C43H44N10O7/c1-59-42(57)50-35(25-11-5-3-6-12-25)39(54)52-21-9-15-33(52)37-46-29-19-17-27(23-31(29)48-37)44-41(56)45-28-18-20-30-32(24-28)49-38(47-30)34-16-10-22-53(34)40(55)36(51-43(58)60-2)26-13-7-4-8-14-26/h3-8,11-14,17-20,23-24,33-36H,9-10,15-16,21-22H2,1-2H3,(H,46,48)(H,47,49)(H,50,57)(H,51,58)(H2,44,45,56)/t33-,34+,35-,36-/m1/s1. The first-order valence-electron chi connectivity index (χ1n) is 19.7. The highest BCUT2D eigenvalue weighted by Gasteiger charge is 2.38. The van der Waals surface area contributed by atoms with Crippen molar-refractivity contribution in [3.8, 4) is 0 Å². The van der Waals surface area contributed by atoms with Crippen molar-refractivity contribution in [1.29, 1.82) is 0 Å². The number of hydrogen-bond acceptors (Lipinski definition) is 9. The predicted octanol–water partition coefficient (Wildman–Crippen LogP) is 6.60. The number of H-pyrrole nitrogens is 2. The lowest BCUT2D eigenvalue weighted by Crippen LogP contribution is -2.42. The molecule has 2 saturated heterocycles. The topological polar surface area (TPSA) is 216 Å². The zero-order chi connectivity index (χ0) is 41.8. The molecule has 4 atom stereocenters. The van der Waals surface area contributed by atoms with Crippen LogP contribution in [-0.2, 0) is 19.1 Å². The van der Waals surface area contributed by atoms with Gasteiger partial charge in [0.25, 0.3) is 11.8 Å². The number of benzene rings is 4. The number of carbonyl (C=O) groups excluding carboxylic acids is 5. The Morgan fingerprint density at radius 2 is 1.03 bits per heavy atom. The van der Waals surface area contributed by atoms with Crippen molar-refractivity contribution >= 4 is 63.5 Å². The second kappa shape index (κ2) is 17.2. The number of anilines is 2. The lowest BCUT2D eigenvalue weighted by atomic mass is 10.1. The van der Waals surface area contributed by atoms with Crippen LogP contribution in [0.4, 0.5) is 25.8 Å². The Morgan fingerprint density at radius 1 is 0.617 bits per heavy atom. The molecule has 0 radical (unpaired) electrons. The molecule has 0 bridgehead atoms. The normalized spacial score (nSPS) is 17.2. The first-order valence-corrected chi connectivity index (χ1v) is 19.7. The molecule has 6 aromatic rings. The molecule has 2 fully saturated rings. The highest BCUT2D eigenvalue weighted by molar-refractivity contribution is 6.01. The number of nitrogens with zero attached hydrogens (tertiary/aromatic N) is 4. The summed E-state index contributed by atoms with van der Waals surface area (Å²) >= 11 is 0. The summed E-state index contributed by atoms with van der Waals surface area (Å²) in [5.74, 6) is 0.675. The van der Waals surface area contributed by atoms with Gasteiger partial charge in [-0.15, -0.1) is 0 Å². The van der Waals surface area contributed by atoms with Crippen LogP contribution >= 0.6 is 0 Å². The molecule has 8 rings (SSSR count). The summed E-state index contributed by atoms with van der Waals surface area (Å²) in [6.07, 6.45) is 1.47. The molecule has 4 heterocycles. The monoisotopic (exact) mass is 812 g/mol. The molecular weight excluding hydrogens is 769 g/mol. The van der Waals surface area contributed by atoms with E-state index < -0.39 is 30.3 Å². The summed E-state index contributed by atoms with van der Waals surface area (Å²) in [4.78, 5) is 85.3. The van der Waals surface area contributed by atoms with E-state index in [1.165, 1.54) is 14.2 Å². The van der Waals surface area contributed by atoms with E-state index in [0.29, 0.717) is 82.1 Å².